The third-order valence-electron chi connectivity index (χ3n) is 5.22. The molecule has 0 bridgehead atoms. The van der Waals surface area contributed by atoms with Crippen molar-refractivity contribution < 1.29 is 13.6 Å². The minimum Gasteiger partial charge on any atom is -0.349 e. The van der Waals surface area contributed by atoms with Gasteiger partial charge < -0.3 is 5.32 Å². The van der Waals surface area contributed by atoms with Crippen LogP contribution in [0.2, 0.25) is 0 Å². The van der Waals surface area contributed by atoms with Gasteiger partial charge in [-0.15, -0.1) is 0 Å². The Bertz CT molecular complexity index is 1010. The van der Waals surface area contributed by atoms with Gasteiger partial charge in [0.15, 0.2) is 0 Å². The number of benzene rings is 2. The number of carbonyl (C=O) groups is 1. The zero-order valence-corrected chi connectivity index (χ0v) is 15.4. The van der Waals surface area contributed by atoms with Crippen molar-refractivity contribution in [3.8, 4) is 11.1 Å². The summed E-state index contributed by atoms with van der Waals surface area (Å²) >= 11 is 0. The van der Waals surface area contributed by atoms with Gasteiger partial charge in [-0.3, -0.25) is 9.78 Å². The van der Waals surface area contributed by atoms with E-state index in [1.807, 2.05) is 43.3 Å². The summed E-state index contributed by atoms with van der Waals surface area (Å²) in [5.74, 6) is -1.65. The first-order valence-corrected chi connectivity index (χ1v) is 9.28. The highest BCUT2D eigenvalue weighted by Gasteiger charge is 2.45. The first kappa shape index (κ1) is 18.3. The molecule has 1 saturated carbocycles. The highest BCUT2D eigenvalue weighted by Crippen LogP contribution is 2.48. The van der Waals surface area contributed by atoms with E-state index in [0.29, 0.717) is 6.42 Å². The molecule has 1 amide bonds. The Morgan fingerprint density at radius 2 is 1.93 bits per heavy atom. The maximum Gasteiger partial charge on any atom is 0.224 e. The van der Waals surface area contributed by atoms with E-state index >= 15 is 0 Å². The molecule has 1 N–H and O–H groups in total. The van der Waals surface area contributed by atoms with E-state index in [1.54, 1.807) is 12.4 Å². The molecule has 4 rings (SSSR count). The summed E-state index contributed by atoms with van der Waals surface area (Å²) in [7, 11) is 0. The van der Waals surface area contributed by atoms with Gasteiger partial charge >= 0.3 is 0 Å². The summed E-state index contributed by atoms with van der Waals surface area (Å²) < 4.78 is 27.3. The van der Waals surface area contributed by atoms with Crippen LogP contribution in [0.3, 0.4) is 0 Å². The average molecular weight is 378 g/mol. The molecule has 5 heteroatoms. The fraction of sp³-hybridized carbons (Fsp3) is 0.217. The summed E-state index contributed by atoms with van der Waals surface area (Å²) in [6.07, 6.45) is 4.06. The van der Waals surface area contributed by atoms with E-state index in [0.717, 1.165) is 28.8 Å². The Hall–Kier alpha value is -3.08. The number of carbonyl (C=O) groups excluding carboxylic acids is 1. The quantitative estimate of drug-likeness (QED) is 0.678. The highest BCUT2D eigenvalue weighted by atomic mass is 19.1. The molecule has 28 heavy (non-hydrogen) atoms. The van der Waals surface area contributed by atoms with E-state index in [-0.39, 0.29) is 29.3 Å². The van der Waals surface area contributed by atoms with Gasteiger partial charge in [-0.25, -0.2) is 8.78 Å². The summed E-state index contributed by atoms with van der Waals surface area (Å²) in [4.78, 5) is 16.7. The second kappa shape index (κ2) is 7.50. The molecule has 0 aliphatic heterocycles. The lowest BCUT2D eigenvalue weighted by Gasteiger charge is -2.16. The number of amides is 1. The molecule has 3 atom stereocenters. The smallest absolute Gasteiger partial charge is 0.224 e. The lowest BCUT2D eigenvalue weighted by Crippen LogP contribution is -2.28. The van der Waals surface area contributed by atoms with Crippen LogP contribution in [0.1, 0.15) is 36.4 Å². The maximum atomic E-state index is 13.9. The second-order valence-electron chi connectivity index (χ2n) is 7.21. The first-order valence-electron chi connectivity index (χ1n) is 9.28. The van der Waals surface area contributed by atoms with Gasteiger partial charge in [0.25, 0.3) is 0 Å². The summed E-state index contributed by atoms with van der Waals surface area (Å²) in [6.45, 7) is 1.92. The van der Waals surface area contributed by atoms with Crippen molar-refractivity contribution in [2.75, 3.05) is 0 Å². The number of hydrogen-bond acceptors (Lipinski definition) is 2. The maximum absolute atomic E-state index is 13.9. The molecular formula is C23H20F2N2O. The largest absolute Gasteiger partial charge is 0.349 e. The molecule has 1 aliphatic carbocycles. The molecule has 1 fully saturated rings. The normalized spacial score (nSPS) is 19.1. The topological polar surface area (TPSA) is 42.0 Å². The number of nitrogens with zero attached hydrogens (tertiary/aromatic N) is 1. The van der Waals surface area contributed by atoms with Crippen LogP contribution >= 0.6 is 0 Å². The van der Waals surface area contributed by atoms with Gasteiger partial charge in [0, 0.05) is 18.3 Å². The van der Waals surface area contributed by atoms with E-state index < -0.39 is 11.6 Å². The van der Waals surface area contributed by atoms with Gasteiger partial charge in [-0.05, 0) is 71.8 Å². The lowest BCUT2D eigenvalue weighted by atomic mass is 10.0. The number of aromatic nitrogens is 1. The van der Waals surface area contributed by atoms with Crippen molar-refractivity contribution >= 4 is 5.91 Å². The number of hydrogen-bond donors (Lipinski definition) is 1. The highest BCUT2D eigenvalue weighted by molar-refractivity contribution is 5.83. The third-order valence-corrected chi connectivity index (χ3v) is 5.22. The summed E-state index contributed by atoms with van der Waals surface area (Å²) in [6, 6.07) is 15.0. The number of halogens is 2. The monoisotopic (exact) mass is 378 g/mol. The van der Waals surface area contributed by atoms with Crippen LogP contribution in [0.15, 0.2) is 67.0 Å². The van der Waals surface area contributed by atoms with Crippen LogP contribution in [0, 0.1) is 17.6 Å². The first-order chi connectivity index (χ1) is 13.5. The zero-order chi connectivity index (χ0) is 19.7. The minimum atomic E-state index is -0.483. The number of nitrogens with one attached hydrogen (secondary N) is 1. The molecule has 3 aromatic rings. The standard InChI is InChI=1S/C23H20F2N2O/c1-14(15-4-2-5-16(10-15)17-6-3-9-26-13-17)27-23(28)21-12-19(21)20-11-18(24)7-8-22(20)25/h2-11,13-14,19,21H,12H2,1H3,(H,27,28)/t14-,19?,21?/m0/s1. The molecule has 2 aromatic carbocycles. The van der Waals surface area contributed by atoms with Crippen LogP contribution < -0.4 is 5.32 Å². The Labute approximate surface area is 162 Å². The molecule has 142 valence electrons. The van der Waals surface area contributed by atoms with Crippen molar-refractivity contribution in [2.45, 2.75) is 25.3 Å². The molecular weight excluding hydrogens is 358 g/mol. The SMILES string of the molecule is C[C@H](NC(=O)C1CC1c1cc(F)ccc1F)c1cccc(-c2cccnc2)c1. The number of pyridine rings is 1. The number of rotatable bonds is 5. The van der Waals surface area contributed by atoms with Gasteiger partial charge in [0.1, 0.15) is 11.6 Å². The van der Waals surface area contributed by atoms with E-state index in [4.69, 9.17) is 0 Å². The molecule has 0 radical (unpaired) electrons. The lowest BCUT2D eigenvalue weighted by molar-refractivity contribution is -0.123. The van der Waals surface area contributed by atoms with E-state index in [1.165, 1.54) is 6.07 Å². The van der Waals surface area contributed by atoms with Crippen molar-refractivity contribution in [2.24, 2.45) is 5.92 Å². The van der Waals surface area contributed by atoms with Crippen LogP contribution in [0.4, 0.5) is 8.78 Å². The van der Waals surface area contributed by atoms with Crippen molar-refractivity contribution in [1.82, 2.24) is 10.3 Å². The fourth-order valence-corrected chi connectivity index (χ4v) is 3.55. The van der Waals surface area contributed by atoms with Crippen LogP contribution in [-0.2, 0) is 4.79 Å². The van der Waals surface area contributed by atoms with Crippen molar-refractivity contribution in [1.29, 1.82) is 0 Å². The Morgan fingerprint density at radius 3 is 2.71 bits per heavy atom. The van der Waals surface area contributed by atoms with Crippen LogP contribution in [0.5, 0.6) is 0 Å². The predicted octanol–water partition coefficient (Wildman–Crippen LogP) is 5.01. The molecule has 3 nitrogen and oxygen atoms in total. The molecule has 1 aliphatic rings. The van der Waals surface area contributed by atoms with Gasteiger partial charge in [0.2, 0.25) is 5.91 Å². The van der Waals surface area contributed by atoms with Crippen molar-refractivity contribution in [3.63, 3.8) is 0 Å². The Balaban J connectivity index is 1.44. The van der Waals surface area contributed by atoms with Crippen molar-refractivity contribution in [3.05, 3.63) is 89.8 Å². The van der Waals surface area contributed by atoms with Gasteiger partial charge in [0.05, 0.1) is 6.04 Å². The van der Waals surface area contributed by atoms with Crippen LogP contribution in [-0.4, -0.2) is 10.9 Å². The van der Waals surface area contributed by atoms with Gasteiger partial charge in [-0.1, -0.05) is 24.3 Å². The van der Waals surface area contributed by atoms with Gasteiger partial charge in [-0.2, -0.15) is 0 Å². The van der Waals surface area contributed by atoms with E-state index in [9.17, 15) is 13.6 Å². The molecule has 1 aromatic heterocycles. The third kappa shape index (κ3) is 3.79. The Morgan fingerprint density at radius 1 is 1.11 bits per heavy atom. The fourth-order valence-electron chi connectivity index (χ4n) is 3.55. The molecule has 1 heterocycles. The zero-order valence-electron chi connectivity index (χ0n) is 15.4. The predicted molar refractivity (Wildman–Crippen MR) is 103 cm³/mol. The van der Waals surface area contributed by atoms with E-state index in [2.05, 4.69) is 10.3 Å². The molecule has 0 spiro atoms. The Kier molecular flexibility index (Phi) is 4.90. The minimum absolute atomic E-state index is 0.132. The van der Waals surface area contributed by atoms with Crippen LogP contribution in [0.25, 0.3) is 11.1 Å². The molecule has 0 saturated heterocycles. The summed E-state index contributed by atoms with van der Waals surface area (Å²) in [5, 5.41) is 3.00. The second-order valence-corrected chi connectivity index (χ2v) is 7.21. The summed E-state index contributed by atoms with van der Waals surface area (Å²) in [5.41, 5.74) is 3.29. The molecule has 2 unspecified atom stereocenters. The average Bonchev–Trinajstić information content (AvgIpc) is 3.51.